The second kappa shape index (κ2) is 3.72. The van der Waals surface area contributed by atoms with Gasteiger partial charge in [0.1, 0.15) is 11.4 Å². The van der Waals surface area contributed by atoms with Gasteiger partial charge in [0.25, 0.3) is 0 Å². The summed E-state index contributed by atoms with van der Waals surface area (Å²) in [7, 11) is 0. The number of halogens is 2. The van der Waals surface area contributed by atoms with E-state index in [1.807, 2.05) is 18.2 Å². The second-order valence-electron chi connectivity index (χ2n) is 3.73. The molecule has 0 saturated carbocycles. The topological polar surface area (TPSA) is 21.3 Å². The van der Waals surface area contributed by atoms with Gasteiger partial charge in [-0.3, -0.25) is 0 Å². The first-order valence-electron chi connectivity index (χ1n) is 4.44. The Kier molecular flexibility index (Phi) is 2.73. The molecule has 14 heavy (non-hydrogen) atoms. The summed E-state index contributed by atoms with van der Waals surface area (Å²) in [5.74, 6) is 0.846. The summed E-state index contributed by atoms with van der Waals surface area (Å²) >= 11 is 9.26. The number of rotatable bonds is 2. The van der Waals surface area contributed by atoms with Gasteiger partial charge in [-0.05, 0) is 41.1 Å². The molecule has 0 bridgehead atoms. The van der Waals surface area contributed by atoms with E-state index in [-0.39, 0.29) is 5.60 Å². The minimum atomic E-state index is -0.0731. The third kappa shape index (κ3) is 2.05. The molecule has 0 radical (unpaired) electrons. The molecule has 0 aromatic heterocycles. The van der Waals surface area contributed by atoms with Crippen LogP contribution in [0.15, 0.2) is 22.7 Å². The van der Waals surface area contributed by atoms with Crippen LogP contribution in [0.2, 0.25) is 5.02 Å². The predicted octanol–water partition coefficient (Wildman–Crippen LogP) is 2.84. The Morgan fingerprint density at radius 3 is 2.71 bits per heavy atom. The zero-order valence-electron chi connectivity index (χ0n) is 7.81. The summed E-state index contributed by atoms with van der Waals surface area (Å²) in [6.45, 7) is 3.87. The van der Waals surface area contributed by atoms with Gasteiger partial charge in [0, 0.05) is 18.1 Å². The SMILES string of the molecule is CC1(Oc2ccc(Cl)cc2Br)CNC1. The van der Waals surface area contributed by atoms with Crippen LogP contribution in [-0.4, -0.2) is 18.7 Å². The minimum Gasteiger partial charge on any atom is -0.484 e. The molecule has 1 aliphatic rings. The second-order valence-corrected chi connectivity index (χ2v) is 5.02. The molecule has 2 nitrogen and oxygen atoms in total. The summed E-state index contributed by atoms with van der Waals surface area (Å²) < 4.78 is 6.76. The monoisotopic (exact) mass is 275 g/mol. The molecule has 1 fully saturated rings. The van der Waals surface area contributed by atoms with Gasteiger partial charge in [0.15, 0.2) is 0 Å². The Morgan fingerprint density at radius 2 is 2.21 bits per heavy atom. The zero-order valence-corrected chi connectivity index (χ0v) is 10.2. The molecular formula is C10H11BrClNO. The smallest absolute Gasteiger partial charge is 0.134 e. The molecule has 4 heteroatoms. The van der Waals surface area contributed by atoms with E-state index >= 15 is 0 Å². The van der Waals surface area contributed by atoms with Crippen LogP contribution in [0.5, 0.6) is 5.75 Å². The van der Waals surface area contributed by atoms with Crippen molar-refractivity contribution in [2.45, 2.75) is 12.5 Å². The maximum Gasteiger partial charge on any atom is 0.134 e. The lowest BCUT2D eigenvalue weighted by molar-refractivity contribution is 0.0341. The van der Waals surface area contributed by atoms with E-state index in [4.69, 9.17) is 16.3 Å². The molecule has 1 saturated heterocycles. The lowest BCUT2D eigenvalue weighted by Crippen LogP contribution is -2.61. The van der Waals surface area contributed by atoms with Gasteiger partial charge in [0.2, 0.25) is 0 Å². The molecule has 0 unspecified atom stereocenters. The lowest BCUT2D eigenvalue weighted by Gasteiger charge is -2.39. The quantitative estimate of drug-likeness (QED) is 0.897. The van der Waals surface area contributed by atoms with Gasteiger partial charge >= 0.3 is 0 Å². The van der Waals surface area contributed by atoms with Crippen LogP contribution in [0.3, 0.4) is 0 Å². The van der Waals surface area contributed by atoms with Crippen molar-refractivity contribution in [3.63, 3.8) is 0 Å². The largest absolute Gasteiger partial charge is 0.484 e. The van der Waals surface area contributed by atoms with E-state index in [2.05, 4.69) is 28.2 Å². The van der Waals surface area contributed by atoms with Crippen molar-refractivity contribution in [1.82, 2.24) is 5.32 Å². The van der Waals surface area contributed by atoms with Gasteiger partial charge in [-0.15, -0.1) is 0 Å². The molecular weight excluding hydrogens is 265 g/mol. The van der Waals surface area contributed by atoms with E-state index in [0.717, 1.165) is 23.3 Å². The number of hydrogen-bond donors (Lipinski definition) is 1. The average molecular weight is 277 g/mol. The van der Waals surface area contributed by atoms with Gasteiger partial charge in [0.05, 0.1) is 4.47 Å². The van der Waals surface area contributed by atoms with Gasteiger partial charge in [-0.1, -0.05) is 11.6 Å². The van der Waals surface area contributed by atoms with Gasteiger partial charge in [-0.2, -0.15) is 0 Å². The Balaban J connectivity index is 2.16. The van der Waals surface area contributed by atoms with Crippen molar-refractivity contribution in [3.05, 3.63) is 27.7 Å². The average Bonchev–Trinajstić information content (AvgIpc) is 2.07. The van der Waals surface area contributed by atoms with E-state index in [0.29, 0.717) is 5.02 Å². The summed E-state index contributed by atoms with van der Waals surface area (Å²) in [6.07, 6.45) is 0. The molecule has 1 aromatic rings. The highest BCUT2D eigenvalue weighted by Crippen LogP contribution is 2.31. The van der Waals surface area contributed by atoms with Crippen molar-refractivity contribution in [2.24, 2.45) is 0 Å². The van der Waals surface area contributed by atoms with Crippen molar-refractivity contribution >= 4 is 27.5 Å². The zero-order chi connectivity index (χ0) is 10.2. The van der Waals surface area contributed by atoms with E-state index in [1.54, 1.807) is 0 Å². The van der Waals surface area contributed by atoms with Crippen molar-refractivity contribution in [1.29, 1.82) is 0 Å². The van der Waals surface area contributed by atoms with Crippen LogP contribution >= 0.6 is 27.5 Å². The van der Waals surface area contributed by atoms with Crippen LogP contribution in [0.1, 0.15) is 6.92 Å². The van der Waals surface area contributed by atoms with Crippen molar-refractivity contribution < 1.29 is 4.74 Å². The molecule has 1 N–H and O–H groups in total. The Hall–Kier alpha value is -0.250. The summed E-state index contributed by atoms with van der Waals surface area (Å²) in [5.41, 5.74) is -0.0731. The molecule has 1 aliphatic heterocycles. The molecule has 1 heterocycles. The molecule has 0 spiro atoms. The highest BCUT2D eigenvalue weighted by atomic mass is 79.9. The fourth-order valence-corrected chi connectivity index (χ4v) is 2.14. The normalized spacial score (nSPS) is 18.8. The Morgan fingerprint density at radius 1 is 1.50 bits per heavy atom. The maximum absolute atomic E-state index is 5.86. The fourth-order valence-electron chi connectivity index (χ4n) is 1.37. The fraction of sp³-hybridized carbons (Fsp3) is 0.400. The Bertz CT molecular complexity index is 352. The van der Waals surface area contributed by atoms with E-state index in [1.165, 1.54) is 0 Å². The highest BCUT2D eigenvalue weighted by molar-refractivity contribution is 9.10. The number of benzene rings is 1. The van der Waals surface area contributed by atoms with Gasteiger partial charge in [-0.25, -0.2) is 0 Å². The third-order valence-corrected chi connectivity index (χ3v) is 3.10. The molecule has 2 rings (SSSR count). The number of nitrogens with one attached hydrogen (secondary N) is 1. The van der Waals surface area contributed by atoms with E-state index < -0.39 is 0 Å². The maximum atomic E-state index is 5.86. The summed E-state index contributed by atoms with van der Waals surface area (Å²) in [5, 5.41) is 3.90. The standard InChI is InChI=1S/C10H11BrClNO/c1-10(5-13-6-10)14-9-3-2-7(12)4-8(9)11/h2-4,13H,5-6H2,1H3. The molecule has 1 aromatic carbocycles. The van der Waals surface area contributed by atoms with Crippen LogP contribution < -0.4 is 10.1 Å². The summed E-state index contributed by atoms with van der Waals surface area (Å²) in [6, 6.07) is 5.55. The summed E-state index contributed by atoms with van der Waals surface area (Å²) in [4.78, 5) is 0. The molecule has 0 atom stereocenters. The van der Waals surface area contributed by atoms with Crippen LogP contribution in [-0.2, 0) is 0 Å². The first kappa shape index (κ1) is 10.3. The molecule has 76 valence electrons. The lowest BCUT2D eigenvalue weighted by atomic mass is 10.00. The number of hydrogen-bond acceptors (Lipinski definition) is 2. The van der Waals surface area contributed by atoms with Crippen molar-refractivity contribution in [2.75, 3.05) is 13.1 Å². The highest BCUT2D eigenvalue weighted by Gasteiger charge is 2.34. The third-order valence-electron chi connectivity index (χ3n) is 2.25. The van der Waals surface area contributed by atoms with Gasteiger partial charge < -0.3 is 10.1 Å². The molecule has 0 aliphatic carbocycles. The molecule has 0 amide bonds. The predicted molar refractivity (Wildman–Crippen MR) is 61.1 cm³/mol. The minimum absolute atomic E-state index is 0.0731. The van der Waals surface area contributed by atoms with E-state index in [9.17, 15) is 0 Å². The van der Waals surface area contributed by atoms with Crippen molar-refractivity contribution in [3.8, 4) is 5.75 Å². The number of ether oxygens (including phenoxy) is 1. The van der Waals surface area contributed by atoms with Crippen LogP contribution in [0.4, 0.5) is 0 Å². The first-order valence-corrected chi connectivity index (χ1v) is 5.61. The van der Waals surface area contributed by atoms with Crippen LogP contribution in [0.25, 0.3) is 0 Å². The van der Waals surface area contributed by atoms with Crippen LogP contribution in [0, 0.1) is 0 Å². The Labute approximate surface area is 96.7 Å². The first-order chi connectivity index (χ1) is 6.59.